The van der Waals surface area contributed by atoms with Crippen LogP contribution in [0.3, 0.4) is 0 Å². The first-order valence-corrected chi connectivity index (χ1v) is 13.9. The number of halogens is 2. The van der Waals surface area contributed by atoms with Gasteiger partial charge in [-0.2, -0.15) is 0 Å². The van der Waals surface area contributed by atoms with Gasteiger partial charge in [0, 0.05) is 56.8 Å². The third-order valence-electron chi connectivity index (χ3n) is 7.32. The molecule has 0 radical (unpaired) electrons. The summed E-state index contributed by atoms with van der Waals surface area (Å²) in [5.41, 5.74) is 8.00. The molecule has 2 aromatic carbocycles. The summed E-state index contributed by atoms with van der Waals surface area (Å²) in [6.45, 7) is 2.83. The van der Waals surface area contributed by atoms with Gasteiger partial charge in [-0.1, -0.05) is 18.2 Å². The number of aromatic nitrogens is 2. The Hall–Kier alpha value is -2.13. The number of carbonyl (C=O) groups is 1. The van der Waals surface area contributed by atoms with E-state index in [1.165, 1.54) is 24.4 Å². The maximum Gasteiger partial charge on any atom is 0.223 e. The molecule has 1 amide bonds. The monoisotopic (exact) mass is 552 g/mol. The standard InChI is InChI=1S/C26H32N4O3S.2ClH/c27-17-19-4-5-22-16-23(7-6-21(22)15-19)34(32,33)14-10-26(31)29-12-8-20(9-13-29)24-18-28-25-3-1-2-11-30(24)25;;/h4-7,15-16,18,20H,1-3,8-14,17,27H2;2*1H. The Labute approximate surface area is 225 Å². The topological polar surface area (TPSA) is 98.3 Å². The van der Waals surface area contributed by atoms with Crippen LogP contribution in [0.15, 0.2) is 47.5 Å². The molecule has 3 heterocycles. The van der Waals surface area contributed by atoms with Gasteiger partial charge in [0.05, 0.1) is 10.6 Å². The number of imidazole rings is 1. The largest absolute Gasteiger partial charge is 0.343 e. The lowest BCUT2D eigenvalue weighted by Crippen LogP contribution is -2.39. The lowest BCUT2D eigenvalue weighted by molar-refractivity contribution is -0.131. The van der Waals surface area contributed by atoms with Gasteiger partial charge in [-0.15, -0.1) is 24.8 Å². The van der Waals surface area contributed by atoms with Crippen molar-refractivity contribution in [3.05, 3.63) is 59.7 Å². The van der Waals surface area contributed by atoms with E-state index >= 15 is 0 Å². The molecule has 36 heavy (non-hydrogen) atoms. The zero-order valence-electron chi connectivity index (χ0n) is 20.3. The highest BCUT2D eigenvalue weighted by molar-refractivity contribution is 7.91. The number of benzene rings is 2. The van der Waals surface area contributed by atoms with E-state index in [0.29, 0.717) is 25.6 Å². The van der Waals surface area contributed by atoms with Gasteiger partial charge in [0.1, 0.15) is 5.82 Å². The van der Waals surface area contributed by atoms with Crippen LogP contribution >= 0.6 is 24.8 Å². The SMILES string of the molecule is Cl.Cl.NCc1ccc2cc(S(=O)(=O)CCC(=O)N3CCC(c4cnc5n4CCCC5)CC3)ccc2c1. The molecule has 2 aliphatic heterocycles. The summed E-state index contributed by atoms with van der Waals surface area (Å²) >= 11 is 0. The van der Waals surface area contributed by atoms with Crippen molar-refractivity contribution in [3.8, 4) is 0 Å². The van der Waals surface area contributed by atoms with Crippen LogP contribution in [0.2, 0.25) is 0 Å². The molecule has 3 aromatic rings. The Balaban J connectivity index is 0.00000180. The number of amides is 1. The first-order chi connectivity index (χ1) is 16.4. The number of likely N-dealkylation sites (tertiary alicyclic amines) is 1. The highest BCUT2D eigenvalue weighted by Crippen LogP contribution is 2.31. The summed E-state index contributed by atoms with van der Waals surface area (Å²) in [5, 5.41) is 1.81. The van der Waals surface area contributed by atoms with Gasteiger partial charge in [-0.3, -0.25) is 4.79 Å². The Morgan fingerprint density at radius 1 is 1.00 bits per heavy atom. The molecule has 5 rings (SSSR count). The van der Waals surface area contributed by atoms with Gasteiger partial charge in [0.25, 0.3) is 0 Å². The smallest absolute Gasteiger partial charge is 0.223 e. The number of hydrogen-bond acceptors (Lipinski definition) is 5. The summed E-state index contributed by atoms with van der Waals surface area (Å²) in [5.74, 6) is 1.36. The maximum absolute atomic E-state index is 12.9. The fourth-order valence-electron chi connectivity index (χ4n) is 5.28. The van der Waals surface area contributed by atoms with E-state index in [1.54, 1.807) is 12.1 Å². The Morgan fingerprint density at radius 2 is 1.72 bits per heavy atom. The molecule has 0 bridgehead atoms. The van der Waals surface area contributed by atoms with E-state index in [2.05, 4.69) is 9.55 Å². The Morgan fingerprint density at radius 3 is 2.47 bits per heavy atom. The number of aryl methyl sites for hydroxylation is 1. The highest BCUT2D eigenvalue weighted by atomic mass is 35.5. The number of piperidine rings is 1. The third kappa shape index (κ3) is 5.88. The number of nitrogens with zero attached hydrogens (tertiary/aromatic N) is 3. The molecule has 0 saturated carbocycles. The number of hydrogen-bond donors (Lipinski definition) is 1. The number of nitrogens with two attached hydrogens (primary N) is 1. The second kappa shape index (κ2) is 11.9. The van der Waals surface area contributed by atoms with Crippen molar-refractivity contribution in [3.63, 3.8) is 0 Å². The number of sulfone groups is 1. The minimum absolute atomic E-state index is 0. The van der Waals surface area contributed by atoms with E-state index in [1.807, 2.05) is 35.4 Å². The lowest BCUT2D eigenvalue weighted by Gasteiger charge is -2.33. The van der Waals surface area contributed by atoms with Crippen molar-refractivity contribution in [2.75, 3.05) is 18.8 Å². The zero-order valence-corrected chi connectivity index (χ0v) is 22.7. The van der Waals surface area contributed by atoms with Crippen LogP contribution in [0.25, 0.3) is 10.8 Å². The van der Waals surface area contributed by atoms with Gasteiger partial charge < -0.3 is 15.2 Å². The van der Waals surface area contributed by atoms with Crippen molar-refractivity contribution in [1.29, 1.82) is 0 Å². The predicted molar refractivity (Wildman–Crippen MR) is 147 cm³/mol. The molecule has 1 fully saturated rings. The molecule has 10 heteroatoms. The summed E-state index contributed by atoms with van der Waals surface area (Å²) < 4.78 is 28.2. The van der Waals surface area contributed by atoms with Crippen molar-refractivity contribution in [1.82, 2.24) is 14.5 Å². The fourth-order valence-corrected chi connectivity index (χ4v) is 6.54. The van der Waals surface area contributed by atoms with E-state index in [9.17, 15) is 13.2 Å². The van der Waals surface area contributed by atoms with Crippen molar-refractivity contribution in [2.24, 2.45) is 5.73 Å². The van der Waals surface area contributed by atoms with Gasteiger partial charge in [-0.25, -0.2) is 13.4 Å². The van der Waals surface area contributed by atoms with E-state index in [4.69, 9.17) is 5.73 Å². The molecule has 1 saturated heterocycles. The second-order valence-electron chi connectivity index (χ2n) is 9.48. The molecule has 0 atom stereocenters. The zero-order chi connectivity index (χ0) is 23.7. The van der Waals surface area contributed by atoms with Crippen LogP contribution in [-0.4, -0.2) is 47.6 Å². The van der Waals surface area contributed by atoms with Crippen molar-refractivity contribution < 1.29 is 13.2 Å². The van der Waals surface area contributed by atoms with Crippen LogP contribution in [0.1, 0.15) is 55.1 Å². The van der Waals surface area contributed by atoms with Gasteiger partial charge in [0.15, 0.2) is 9.84 Å². The normalized spacial score (nSPS) is 16.2. The fraction of sp³-hybridized carbons (Fsp3) is 0.462. The number of fused-ring (bicyclic) bond motifs is 2. The summed E-state index contributed by atoms with van der Waals surface area (Å²) in [6, 6.07) is 10.9. The van der Waals surface area contributed by atoms with Crippen LogP contribution in [0.4, 0.5) is 0 Å². The molecule has 0 unspecified atom stereocenters. The van der Waals surface area contributed by atoms with Crippen LogP contribution in [0, 0.1) is 0 Å². The summed E-state index contributed by atoms with van der Waals surface area (Å²) in [6.07, 6.45) is 7.31. The van der Waals surface area contributed by atoms with Crippen molar-refractivity contribution >= 4 is 51.3 Å². The lowest BCUT2D eigenvalue weighted by atomic mass is 9.93. The average molecular weight is 554 g/mol. The van der Waals surface area contributed by atoms with Gasteiger partial charge in [-0.05, 0) is 60.2 Å². The van der Waals surface area contributed by atoms with Crippen LogP contribution in [-0.2, 0) is 34.1 Å². The van der Waals surface area contributed by atoms with E-state index in [0.717, 1.165) is 42.1 Å². The first-order valence-electron chi connectivity index (χ1n) is 12.2. The quantitative estimate of drug-likeness (QED) is 0.493. The van der Waals surface area contributed by atoms with Gasteiger partial charge >= 0.3 is 0 Å². The van der Waals surface area contributed by atoms with Crippen LogP contribution in [0.5, 0.6) is 0 Å². The molecule has 2 N–H and O–H groups in total. The molecule has 2 aliphatic rings. The second-order valence-corrected chi connectivity index (χ2v) is 11.6. The maximum atomic E-state index is 12.9. The molecule has 7 nitrogen and oxygen atoms in total. The van der Waals surface area contributed by atoms with Crippen molar-refractivity contribution in [2.45, 2.75) is 62.4 Å². The minimum atomic E-state index is -3.54. The third-order valence-corrected chi connectivity index (χ3v) is 9.04. The number of rotatable bonds is 6. The molecule has 196 valence electrons. The van der Waals surface area contributed by atoms with E-state index < -0.39 is 9.84 Å². The van der Waals surface area contributed by atoms with Gasteiger partial charge in [0.2, 0.25) is 5.91 Å². The Bertz CT molecular complexity index is 1320. The average Bonchev–Trinajstić information content (AvgIpc) is 3.31. The first kappa shape index (κ1) is 28.4. The minimum Gasteiger partial charge on any atom is -0.343 e. The molecule has 1 aromatic heterocycles. The number of carbonyl (C=O) groups excluding carboxylic acids is 1. The molecular weight excluding hydrogens is 519 g/mol. The molecule has 0 aliphatic carbocycles. The molecular formula is C26H34Cl2N4O3S. The molecule has 0 spiro atoms. The summed E-state index contributed by atoms with van der Waals surface area (Å²) in [7, 11) is -3.54. The van der Waals surface area contributed by atoms with E-state index in [-0.39, 0.29) is 47.8 Å². The Kier molecular flexibility index (Phi) is 9.44. The predicted octanol–water partition coefficient (Wildman–Crippen LogP) is 4.24. The van der Waals surface area contributed by atoms with Crippen LogP contribution < -0.4 is 5.73 Å². The summed E-state index contributed by atoms with van der Waals surface area (Å²) in [4.78, 5) is 19.5. The highest BCUT2D eigenvalue weighted by Gasteiger charge is 2.28.